The summed E-state index contributed by atoms with van der Waals surface area (Å²) >= 11 is 0. The Kier molecular flexibility index (Phi) is 7.60. The largest absolute Gasteiger partial charge is 0.355 e. The van der Waals surface area contributed by atoms with Crippen molar-refractivity contribution in [1.82, 2.24) is 10.6 Å². The van der Waals surface area contributed by atoms with Gasteiger partial charge in [0.2, 0.25) is 5.91 Å². The highest BCUT2D eigenvalue weighted by atomic mass is 32.2. The number of amides is 1. The van der Waals surface area contributed by atoms with E-state index >= 15 is 0 Å². The van der Waals surface area contributed by atoms with Gasteiger partial charge in [0, 0.05) is 35.3 Å². The van der Waals surface area contributed by atoms with Crippen LogP contribution in [-0.2, 0) is 21.3 Å². The number of piperidine rings is 1. The third kappa shape index (κ3) is 6.71. The van der Waals surface area contributed by atoms with E-state index in [1.165, 1.54) is 12.8 Å². The summed E-state index contributed by atoms with van der Waals surface area (Å²) in [5.41, 5.74) is 1.08. The Balaban J connectivity index is 1.55. The fourth-order valence-corrected chi connectivity index (χ4v) is 3.77. The van der Waals surface area contributed by atoms with Gasteiger partial charge in [-0.1, -0.05) is 30.3 Å². The van der Waals surface area contributed by atoms with E-state index in [9.17, 15) is 9.00 Å². The van der Waals surface area contributed by atoms with Crippen molar-refractivity contribution in [2.45, 2.75) is 31.4 Å². The molecule has 4 nitrogen and oxygen atoms in total. The molecule has 1 aromatic carbocycles. The van der Waals surface area contributed by atoms with Crippen molar-refractivity contribution in [3.05, 3.63) is 35.9 Å². The van der Waals surface area contributed by atoms with Crippen LogP contribution in [-0.4, -0.2) is 35.5 Å². The molecule has 122 valence electrons. The molecule has 0 saturated carbocycles. The van der Waals surface area contributed by atoms with Crippen LogP contribution in [0.4, 0.5) is 0 Å². The van der Waals surface area contributed by atoms with Crippen LogP contribution in [0.1, 0.15) is 31.2 Å². The average Bonchev–Trinajstić information content (AvgIpc) is 2.55. The van der Waals surface area contributed by atoms with Crippen molar-refractivity contribution < 1.29 is 9.00 Å². The summed E-state index contributed by atoms with van der Waals surface area (Å²) in [6.45, 7) is 2.65. The minimum Gasteiger partial charge on any atom is -0.355 e. The second kappa shape index (κ2) is 9.74. The topological polar surface area (TPSA) is 58.2 Å². The molecule has 1 unspecified atom stereocenters. The summed E-state index contributed by atoms with van der Waals surface area (Å²) in [4.78, 5) is 11.8. The predicted molar refractivity (Wildman–Crippen MR) is 91.0 cm³/mol. The van der Waals surface area contributed by atoms with Crippen LogP contribution in [0.5, 0.6) is 0 Å². The van der Waals surface area contributed by atoms with Gasteiger partial charge in [-0.3, -0.25) is 9.00 Å². The average molecular weight is 322 g/mol. The van der Waals surface area contributed by atoms with E-state index < -0.39 is 10.8 Å². The predicted octanol–water partition coefficient (Wildman–Crippen LogP) is 1.83. The van der Waals surface area contributed by atoms with Crippen molar-refractivity contribution in [2.75, 3.05) is 25.4 Å². The fraction of sp³-hybridized carbons (Fsp3) is 0.588. The third-order valence-electron chi connectivity index (χ3n) is 4.06. The van der Waals surface area contributed by atoms with Gasteiger partial charge in [0.1, 0.15) is 0 Å². The summed E-state index contributed by atoms with van der Waals surface area (Å²) in [6.07, 6.45) is 3.92. The van der Waals surface area contributed by atoms with Gasteiger partial charge in [0.25, 0.3) is 0 Å². The lowest BCUT2D eigenvalue weighted by Crippen LogP contribution is -2.30. The van der Waals surface area contributed by atoms with E-state index in [-0.39, 0.29) is 5.91 Å². The molecule has 5 heteroatoms. The molecule has 0 radical (unpaired) electrons. The quantitative estimate of drug-likeness (QED) is 0.768. The number of rotatable bonds is 8. The lowest BCUT2D eigenvalue weighted by Gasteiger charge is -2.22. The van der Waals surface area contributed by atoms with Gasteiger partial charge in [-0.15, -0.1) is 0 Å². The molecule has 1 aromatic rings. The van der Waals surface area contributed by atoms with Crippen LogP contribution in [0.3, 0.4) is 0 Å². The Morgan fingerprint density at radius 1 is 1.23 bits per heavy atom. The van der Waals surface area contributed by atoms with Gasteiger partial charge in [-0.25, -0.2) is 0 Å². The second-order valence-corrected chi connectivity index (χ2v) is 7.43. The van der Waals surface area contributed by atoms with Crippen LogP contribution in [0, 0.1) is 5.92 Å². The monoisotopic (exact) mass is 322 g/mol. The van der Waals surface area contributed by atoms with Crippen molar-refractivity contribution in [3.8, 4) is 0 Å². The Morgan fingerprint density at radius 3 is 2.68 bits per heavy atom. The first-order valence-electron chi connectivity index (χ1n) is 8.10. The zero-order chi connectivity index (χ0) is 15.6. The molecule has 2 N–H and O–H groups in total. The second-order valence-electron chi connectivity index (χ2n) is 5.86. The Hall–Kier alpha value is -1.20. The SMILES string of the molecule is O=C(CCC1CCNCC1)NCCS(=O)Cc1ccccc1. The molecular weight excluding hydrogens is 296 g/mol. The van der Waals surface area contributed by atoms with Crippen LogP contribution in [0.25, 0.3) is 0 Å². The maximum Gasteiger partial charge on any atom is 0.220 e. The molecule has 1 saturated heterocycles. The highest BCUT2D eigenvalue weighted by Crippen LogP contribution is 2.17. The highest BCUT2D eigenvalue weighted by Gasteiger charge is 2.14. The minimum absolute atomic E-state index is 0.0928. The molecule has 0 aromatic heterocycles. The highest BCUT2D eigenvalue weighted by molar-refractivity contribution is 7.84. The summed E-state index contributed by atoms with van der Waals surface area (Å²) in [6, 6.07) is 9.82. The van der Waals surface area contributed by atoms with Crippen LogP contribution in [0.15, 0.2) is 30.3 Å². The van der Waals surface area contributed by atoms with Gasteiger partial charge < -0.3 is 10.6 Å². The lowest BCUT2D eigenvalue weighted by molar-refractivity contribution is -0.121. The summed E-state index contributed by atoms with van der Waals surface area (Å²) in [7, 11) is -0.919. The molecule has 2 rings (SSSR count). The minimum atomic E-state index is -0.919. The Bertz CT molecular complexity index is 473. The van der Waals surface area contributed by atoms with E-state index in [1.54, 1.807) is 0 Å². The smallest absolute Gasteiger partial charge is 0.220 e. The number of nitrogens with one attached hydrogen (secondary N) is 2. The number of benzene rings is 1. The zero-order valence-corrected chi connectivity index (χ0v) is 13.9. The molecule has 0 spiro atoms. The molecule has 0 aliphatic carbocycles. The molecule has 22 heavy (non-hydrogen) atoms. The van der Waals surface area contributed by atoms with Gasteiger partial charge in [-0.2, -0.15) is 0 Å². The summed E-state index contributed by atoms with van der Waals surface area (Å²) < 4.78 is 12.0. The van der Waals surface area contributed by atoms with E-state index in [4.69, 9.17) is 0 Å². The summed E-state index contributed by atoms with van der Waals surface area (Å²) in [5, 5.41) is 6.23. The van der Waals surface area contributed by atoms with Crippen molar-refractivity contribution >= 4 is 16.7 Å². The van der Waals surface area contributed by atoms with Crippen LogP contribution in [0.2, 0.25) is 0 Å². The molecule has 1 fully saturated rings. The van der Waals surface area contributed by atoms with Gasteiger partial charge in [-0.05, 0) is 43.8 Å². The van der Waals surface area contributed by atoms with Crippen LogP contribution >= 0.6 is 0 Å². The lowest BCUT2D eigenvalue weighted by atomic mass is 9.93. The number of hydrogen-bond acceptors (Lipinski definition) is 3. The first-order chi connectivity index (χ1) is 10.7. The fourth-order valence-electron chi connectivity index (χ4n) is 2.73. The molecule has 1 aliphatic rings. The van der Waals surface area contributed by atoms with Gasteiger partial charge in [0.05, 0.1) is 0 Å². The first-order valence-corrected chi connectivity index (χ1v) is 9.59. The first kappa shape index (κ1) is 17.2. The normalized spacial score (nSPS) is 17.1. The molecule has 1 aliphatic heterocycles. The standard InChI is InChI=1S/C17H26N2O2S/c20-17(7-6-15-8-10-18-11-9-15)19-12-13-22(21)14-16-4-2-1-3-5-16/h1-5,15,18H,6-14H2,(H,19,20). The number of hydrogen-bond donors (Lipinski definition) is 2. The molecular formula is C17H26N2O2S. The van der Waals surface area contributed by atoms with E-state index in [0.29, 0.717) is 30.4 Å². The number of carbonyl (C=O) groups excluding carboxylic acids is 1. The van der Waals surface area contributed by atoms with Crippen LogP contribution < -0.4 is 10.6 Å². The van der Waals surface area contributed by atoms with E-state index in [0.717, 1.165) is 25.1 Å². The Labute approximate surface area is 135 Å². The molecule has 1 atom stereocenters. The van der Waals surface area contributed by atoms with E-state index in [2.05, 4.69) is 10.6 Å². The van der Waals surface area contributed by atoms with Crippen molar-refractivity contribution in [3.63, 3.8) is 0 Å². The Morgan fingerprint density at radius 2 is 1.95 bits per heavy atom. The maximum absolute atomic E-state index is 12.0. The number of carbonyl (C=O) groups is 1. The molecule has 1 amide bonds. The van der Waals surface area contributed by atoms with Crippen molar-refractivity contribution in [2.24, 2.45) is 5.92 Å². The third-order valence-corrected chi connectivity index (χ3v) is 5.38. The maximum atomic E-state index is 12.0. The molecule has 0 bridgehead atoms. The van der Waals surface area contributed by atoms with E-state index in [1.807, 2.05) is 30.3 Å². The zero-order valence-electron chi connectivity index (χ0n) is 13.1. The van der Waals surface area contributed by atoms with Gasteiger partial charge in [0.15, 0.2) is 0 Å². The molecule has 1 heterocycles. The van der Waals surface area contributed by atoms with Crippen molar-refractivity contribution in [1.29, 1.82) is 0 Å². The van der Waals surface area contributed by atoms with Gasteiger partial charge >= 0.3 is 0 Å². The summed E-state index contributed by atoms with van der Waals surface area (Å²) in [5.74, 6) is 1.86.